The average molecular weight is 301 g/mol. The van der Waals surface area contributed by atoms with Crippen LogP contribution in [0.25, 0.3) is 32.8 Å². The molecule has 0 spiro atoms. The molecular formula is C21H16FN. The number of fused-ring (bicyclic) bond motifs is 3. The standard InChI is InChI=1S/C21H16FN/c1-13-9-14(2)11-16(10-13)21-20-17-6-4-3-5-15(17)12-19(22)18(20)7-8-23-21/h3-12H,1-2H3. The van der Waals surface area contributed by atoms with Gasteiger partial charge in [-0.3, -0.25) is 4.98 Å². The van der Waals surface area contributed by atoms with E-state index in [1.165, 1.54) is 11.1 Å². The molecule has 0 saturated heterocycles. The van der Waals surface area contributed by atoms with Crippen LogP contribution >= 0.6 is 0 Å². The van der Waals surface area contributed by atoms with Gasteiger partial charge in [-0.1, -0.05) is 41.5 Å². The van der Waals surface area contributed by atoms with Gasteiger partial charge < -0.3 is 0 Å². The predicted octanol–water partition coefficient (Wildman–Crippen LogP) is 5.81. The SMILES string of the molecule is Cc1cc(C)cc(-c2nccc3c(F)cc4ccccc4c23)c1. The Hall–Kier alpha value is -2.74. The van der Waals surface area contributed by atoms with Crippen LogP contribution in [0.15, 0.2) is 60.8 Å². The fraction of sp³-hybridized carbons (Fsp3) is 0.0952. The van der Waals surface area contributed by atoms with Gasteiger partial charge in [0, 0.05) is 22.5 Å². The van der Waals surface area contributed by atoms with E-state index in [1.807, 2.05) is 24.3 Å². The summed E-state index contributed by atoms with van der Waals surface area (Å²) in [5.41, 5.74) is 4.23. The molecule has 0 bridgehead atoms. The van der Waals surface area contributed by atoms with Crippen LogP contribution in [0.2, 0.25) is 0 Å². The van der Waals surface area contributed by atoms with E-state index in [1.54, 1.807) is 18.3 Å². The summed E-state index contributed by atoms with van der Waals surface area (Å²) < 4.78 is 14.5. The molecule has 0 radical (unpaired) electrons. The van der Waals surface area contributed by atoms with Crippen LogP contribution < -0.4 is 0 Å². The Balaban J connectivity index is 2.19. The fourth-order valence-corrected chi connectivity index (χ4v) is 3.33. The van der Waals surface area contributed by atoms with Gasteiger partial charge in [0.25, 0.3) is 0 Å². The van der Waals surface area contributed by atoms with Crippen molar-refractivity contribution in [2.24, 2.45) is 0 Å². The molecule has 0 aliphatic heterocycles. The van der Waals surface area contributed by atoms with Crippen LogP contribution in [-0.4, -0.2) is 4.98 Å². The molecule has 23 heavy (non-hydrogen) atoms. The van der Waals surface area contributed by atoms with Gasteiger partial charge in [-0.15, -0.1) is 0 Å². The van der Waals surface area contributed by atoms with Gasteiger partial charge in [-0.2, -0.15) is 0 Å². The predicted molar refractivity (Wildman–Crippen MR) is 94.1 cm³/mol. The molecule has 0 saturated carbocycles. The van der Waals surface area contributed by atoms with Crippen LogP contribution in [0.4, 0.5) is 4.39 Å². The number of aryl methyl sites for hydroxylation is 2. The van der Waals surface area contributed by atoms with Crippen LogP contribution in [-0.2, 0) is 0 Å². The lowest BCUT2D eigenvalue weighted by atomic mass is 9.96. The second kappa shape index (κ2) is 5.17. The molecule has 2 heteroatoms. The summed E-state index contributed by atoms with van der Waals surface area (Å²) in [4.78, 5) is 4.58. The van der Waals surface area contributed by atoms with Gasteiger partial charge in [0.05, 0.1) is 5.69 Å². The monoisotopic (exact) mass is 301 g/mol. The van der Waals surface area contributed by atoms with Gasteiger partial charge in [-0.05, 0) is 48.9 Å². The number of hydrogen-bond acceptors (Lipinski definition) is 1. The number of aromatic nitrogens is 1. The molecule has 0 aliphatic carbocycles. The van der Waals surface area contributed by atoms with E-state index in [2.05, 4.69) is 37.0 Å². The van der Waals surface area contributed by atoms with Gasteiger partial charge in [-0.25, -0.2) is 4.39 Å². The Labute approximate surface area is 134 Å². The first-order valence-electron chi connectivity index (χ1n) is 7.68. The maximum absolute atomic E-state index is 14.5. The molecule has 0 aliphatic rings. The van der Waals surface area contributed by atoms with Gasteiger partial charge >= 0.3 is 0 Å². The zero-order valence-electron chi connectivity index (χ0n) is 13.1. The zero-order valence-corrected chi connectivity index (χ0v) is 13.1. The minimum atomic E-state index is -0.202. The molecule has 112 valence electrons. The summed E-state index contributed by atoms with van der Waals surface area (Å²) in [5, 5.41) is 3.43. The largest absolute Gasteiger partial charge is 0.256 e. The third kappa shape index (κ3) is 2.27. The van der Waals surface area contributed by atoms with Crippen LogP contribution in [0.3, 0.4) is 0 Å². The van der Waals surface area contributed by atoms with Gasteiger partial charge in [0.15, 0.2) is 0 Å². The number of rotatable bonds is 1. The summed E-state index contributed by atoms with van der Waals surface area (Å²) in [6, 6.07) is 17.6. The Morgan fingerprint density at radius 1 is 0.826 bits per heavy atom. The van der Waals surface area contributed by atoms with Gasteiger partial charge in [0.2, 0.25) is 0 Å². The van der Waals surface area contributed by atoms with E-state index in [9.17, 15) is 4.39 Å². The van der Waals surface area contributed by atoms with Crippen molar-refractivity contribution in [1.82, 2.24) is 4.98 Å². The summed E-state index contributed by atoms with van der Waals surface area (Å²) in [6.07, 6.45) is 1.69. The van der Waals surface area contributed by atoms with Crippen LogP contribution in [0.5, 0.6) is 0 Å². The van der Waals surface area contributed by atoms with E-state index in [4.69, 9.17) is 0 Å². The Kier molecular flexibility index (Phi) is 3.12. The highest BCUT2D eigenvalue weighted by molar-refractivity contribution is 6.13. The van der Waals surface area contributed by atoms with Crippen molar-refractivity contribution in [3.63, 3.8) is 0 Å². The Bertz CT molecular complexity index is 1030. The molecule has 0 atom stereocenters. The first-order chi connectivity index (χ1) is 11.1. The lowest BCUT2D eigenvalue weighted by molar-refractivity contribution is 0.641. The lowest BCUT2D eigenvalue weighted by Gasteiger charge is -2.11. The molecule has 0 N–H and O–H groups in total. The van der Waals surface area contributed by atoms with Crippen LogP contribution in [0.1, 0.15) is 11.1 Å². The topological polar surface area (TPSA) is 12.9 Å². The highest BCUT2D eigenvalue weighted by atomic mass is 19.1. The number of benzene rings is 3. The molecule has 3 aromatic carbocycles. The summed E-state index contributed by atoms with van der Waals surface area (Å²) in [5.74, 6) is -0.202. The smallest absolute Gasteiger partial charge is 0.131 e. The summed E-state index contributed by atoms with van der Waals surface area (Å²) in [7, 11) is 0. The van der Waals surface area contributed by atoms with E-state index in [0.717, 1.165) is 27.4 Å². The first-order valence-corrected chi connectivity index (χ1v) is 7.68. The molecule has 0 fully saturated rings. The highest BCUT2D eigenvalue weighted by Crippen LogP contribution is 2.35. The average Bonchev–Trinajstić information content (AvgIpc) is 2.53. The maximum atomic E-state index is 14.5. The maximum Gasteiger partial charge on any atom is 0.131 e. The van der Waals surface area contributed by atoms with E-state index >= 15 is 0 Å². The molecule has 1 aromatic heterocycles. The highest BCUT2D eigenvalue weighted by Gasteiger charge is 2.13. The molecule has 0 amide bonds. The molecule has 4 aromatic rings. The zero-order chi connectivity index (χ0) is 16.0. The van der Waals surface area contributed by atoms with E-state index in [0.29, 0.717) is 5.39 Å². The number of hydrogen-bond donors (Lipinski definition) is 0. The summed E-state index contributed by atoms with van der Waals surface area (Å²) in [6.45, 7) is 4.14. The third-order valence-corrected chi connectivity index (χ3v) is 4.22. The molecular weight excluding hydrogens is 285 g/mol. The molecule has 1 nitrogen and oxygen atoms in total. The van der Waals surface area contributed by atoms with E-state index in [-0.39, 0.29) is 5.82 Å². The molecule has 1 heterocycles. The minimum absolute atomic E-state index is 0.202. The third-order valence-electron chi connectivity index (χ3n) is 4.22. The van der Waals surface area contributed by atoms with E-state index < -0.39 is 0 Å². The van der Waals surface area contributed by atoms with Crippen molar-refractivity contribution >= 4 is 21.5 Å². The second-order valence-electron chi connectivity index (χ2n) is 6.04. The number of halogens is 1. The van der Waals surface area contributed by atoms with Crippen molar-refractivity contribution < 1.29 is 4.39 Å². The Morgan fingerprint density at radius 3 is 2.35 bits per heavy atom. The molecule has 4 rings (SSSR count). The lowest BCUT2D eigenvalue weighted by Crippen LogP contribution is -1.91. The van der Waals surface area contributed by atoms with Gasteiger partial charge in [0.1, 0.15) is 5.82 Å². The summed E-state index contributed by atoms with van der Waals surface area (Å²) >= 11 is 0. The van der Waals surface area contributed by atoms with Crippen molar-refractivity contribution in [2.75, 3.05) is 0 Å². The normalized spacial score (nSPS) is 11.3. The number of pyridine rings is 1. The number of nitrogens with zero attached hydrogens (tertiary/aromatic N) is 1. The van der Waals surface area contributed by atoms with Crippen LogP contribution in [0, 0.1) is 19.7 Å². The van der Waals surface area contributed by atoms with Crippen molar-refractivity contribution in [1.29, 1.82) is 0 Å². The van der Waals surface area contributed by atoms with Crippen molar-refractivity contribution in [3.05, 3.63) is 77.7 Å². The molecule has 0 unspecified atom stereocenters. The second-order valence-corrected chi connectivity index (χ2v) is 6.04. The van der Waals surface area contributed by atoms with Crippen molar-refractivity contribution in [2.45, 2.75) is 13.8 Å². The Morgan fingerprint density at radius 2 is 1.57 bits per heavy atom. The minimum Gasteiger partial charge on any atom is -0.256 e. The van der Waals surface area contributed by atoms with Crippen molar-refractivity contribution in [3.8, 4) is 11.3 Å². The fourth-order valence-electron chi connectivity index (χ4n) is 3.33. The first kappa shape index (κ1) is 13.9. The quantitative estimate of drug-likeness (QED) is 0.404.